The van der Waals surface area contributed by atoms with Gasteiger partial charge in [-0.05, 0) is 35.8 Å². The van der Waals surface area contributed by atoms with Crippen LogP contribution in [0.1, 0.15) is 49.7 Å². The summed E-state index contributed by atoms with van der Waals surface area (Å²) in [6, 6.07) is 8.63. The summed E-state index contributed by atoms with van der Waals surface area (Å²) in [5.41, 5.74) is 2.85. The molecule has 1 N–H and O–H groups in total. The highest BCUT2D eigenvalue weighted by molar-refractivity contribution is 5.36. The maximum atomic E-state index is 9.36. The molecule has 0 saturated carbocycles. The number of aliphatic hydroxyl groups excluding tert-OH is 1. The molecule has 1 aliphatic carbocycles. The van der Waals surface area contributed by atoms with Crippen molar-refractivity contribution in [2.24, 2.45) is 5.92 Å². The molecule has 0 radical (unpaired) electrons. The van der Waals surface area contributed by atoms with Gasteiger partial charge in [-0.1, -0.05) is 38.1 Å². The molecule has 0 spiro atoms. The van der Waals surface area contributed by atoms with Crippen molar-refractivity contribution in [2.45, 2.75) is 38.5 Å². The van der Waals surface area contributed by atoms with Crippen LogP contribution in [0.15, 0.2) is 24.3 Å². The zero-order chi connectivity index (χ0) is 10.8. The maximum absolute atomic E-state index is 9.36. The number of hydrogen-bond donors (Lipinski definition) is 1. The third-order valence-electron chi connectivity index (χ3n) is 3.69. The Morgan fingerprint density at radius 2 is 1.87 bits per heavy atom. The molecule has 1 aromatic rings. The Kier molecular flexibility index (Phi) is 3.11. The molecule has 1 nitrogen and oxygen atoms in total. The van der Waals surface area contributed by atoms with Crippen LogP contribution in [0.3, 0.4) is 0 Å². The predicted molar refractivity (Wildman–Crippen MR) is 63.1 cm³/mol. The number of benzene rings is 1. The number of hydrogen-bond acceptors (Lipinski definition) is 1. The lowest BCUT2D eigenvalue weighted by Gasteiger charge is -2.32. The number of rotatable bonds is 2. The monoisotopic (exact) mass is 204 g/mol. The van der Waals surface area contributed by atoms with Crippen LogP contribution in [-0.2, 0) is 0 Å². The first-order chi connectivity index (χ1) is 7.24. The minimum Gasteiger partial charge on any atom is -0.396 e. The molecular formula is C14H20O. The van der Waals surface area contributed by atoms with E-state index in [2.05, 4.69) is 38.1 Å². The molecule has 0 bridgehead atoms. The Hall–Kier alpha value is -0.820. The molecule has 0 unspecified atom stereocenters. The summed E-state index contributed by atoms with van der Waals surface area (Å²) in [6.07, 6.45) is 2.36. The average molecular weight is 204 g/mol. The van der Waals surface area contributed by atoms with Crippen molar-refractivity contribution < 1.29 is 5.11 Å². The molecular weight excluding hydrogens is 184 g/mol. The fourth-order valence-electron chi connectivity index (χ4n) is 2.79. The molecule has 1 aliphatic rings. The third-order valence-corrected chi connectivity index (χ3v) is 3.69. The lowest BCUT2D eigenvalue weighted by atomic mass is 9.73. The van der Waals surface area contributed by atoms with Crippen LogP contribution in [0.2, 0.25) is 0 Å². The zero-order valence-electron chi connectivity index (χ0n) is 9.61. The quantitative estimate of drug-likeness (QED) is 0.783. The van der Waals surface area contributed by atoms with Gasteiger partial charge in [-0.15, -0.1) is 0 Å². The second-order valence-corrected chi connectivity index (χ2v) is 4.94. The highest BCUT2D eigenvalue weighted by Crippen LogP contribution is 2.41. The minimum absolute atomic E-state index is 0.293. The zero-order valence-corrected chi connectivity index (χ0v) is 9.61. The van der Waals surface area contributed by atoms with Gasteiger partial charge in [0, 0.05) is 12.5 Å². The largest absolute Gasteiger partial charge is 0.396 e. The van der Waals surface area contributed by atoms with Crippen LogP contribution in [0, 0.1) is 5.92 Å². The van der Waals surface area contributed by atoms with Crippen molar-refractivity contribution in [1.29, 1.82) is 0 Å². The second-order valence-electron chi connectivity index (χ2n) is 4.94. The molecule has 1 aromatic carbocycles. The van der Waals surface area contributed by atoms with Gasteiger partial charge in [-0.2, -0.15) is 0 Å². The van der Waals surface area contributed by atoms with Crippen LogP contribution in [0.4, 0.5) is 0 Å². The summed E-state index contributed by atoms with van der Waals surface area (Å²) in [5, 5.41) is 9.36. The third kappa shape index (κ3) is 1.93. The van der Waals surface area contributed by atoms with Gasteiger partial charge in [0.15, 0.2) is 0 Å². The van der Waals surface area contributed by atoms with Crippen molar-refractivity contribution in [1.82, 2.24) is 0 Å². The van der Waals surface area contributed by atoms with Crippen LogP contribution in [0.25, 0.3) is 0 Å². The lowest BCUT2D eigenvalue weighted by molar-refractivity contribution is 0.243. The summed E-state index contributed by atoms with van der Waals surface area (Å²) in [5.74, 6) is 1.76. The molecule has 15 heavy (non-hydrogen) atoms. The van der Waals surface area contributed by atoms with Gasteiger partial charge in [0.2, 0.25) is 0 Å². The predicted octanol–water partition coefficient (Wildman–Crippen LogP) is 3.30. The molecule has 0 amide bonds. The SMILES string of the molecule is CC(C)[C@H]1CC[C@@H](CO)c2ccccc21. The van der Waals surface area contributed by atoms with E-state index in [4.69, 9.17) is 0 Å². The van der Waals surface area contributed by atoms with Gasteiger partial charge in [-0.25, -0.2) is 0 Å². The molecule has 82 valence electrons. The summed E-state index contributed by atoms with van der Waals surface area (Å²) >= 11 is 0. The van der Waals surface area contributed by atoms with Gasteiger partial charge < -0.3 is 5.11 Å². The van der Waals surface area contributed by atoms with E-state index in [1.165, 1.54) is 17.5 Å². The fourth-order valence-corrected chi connectivity index (χ4v) is 2.79. The van der Waals surface area contributed by atoms with E-state index in [1.807, 2.05) is 0 Å². The second kappa shape index (κ2) is 4.36. The Morgan fingerprint density at radius 1 is 1.20 bits per heavy atom. The van der Waals surface area contributed by atoms with Gasteiger partial charge in [0.1, 0.15) is 0 Å². The van der Waals surface area contributed by atoms with Gasteiger partial charge in [0.05, 0.1) is 0 Å². The van der Waals surface area contributed by atoms with Gasteiger partial charge in [-0.3, -0.25) is 0 Å². The van der Waals surface area contributed by atoms with Crippen molar-refractivity contribution >= 4 is 0 Å². The highest BCUT2D eigenvalue weighted by atomic mass is 16.3. The molecule has 0 fully saturated rings. The Balaban J connectivity index is 2.39. The number of aliphatic hydroxyl groups is 1. The molecule has 1 heteroatoms. The van der Waals surface area contributed by atoms with Crippen molar-refractivity contribution in [2.75, 3.05) is 6.61 Å². The fraction of sp³-hybridized carbons (Fsp3) is 0.571. The molecule has 0 aromatic heterocycles. The minimum atomic E-state index is 0.293. The van der Waals surface area contributed by atoms with Crippen LogP contribution in [-0.4, -0.2) is 11.7 Å². The van der Waals surface area contributed by atoms with E-state index in [1.54, 1.807) is 0 Å². The summed E-state index contributed by atoms with van der Waals surface area (Å²) < 4.78 is 0. The smallest absolute Gasteiger partial charge is 0.0499 e. The first-order valence-corrected chi connectivity index (χ1v) is 5.93. The number of fused-ring (bicyclic) bond motifs is 1. The van der Waals surface area contributed by atoms with Gasteiger partial charge in [0.25, 0.3) is 0 Å². The molecule has 0 aliphatic heterocycles. The van der Waals surface area contributed by atoms with E-state index in [0.29, 0.717) is 24.4 Å². The lowest BCUT2D eigenvalue weighted by Crippen LogP contribution is -2.20. The Labute approximate surface area is 92.1 Å². The first-order valence-electron chi connectivity index (χ1n) is 5.93. The normalized spacial score (nSPS) is 25.3. The summed E-state index contributed by atoms with van der Waals surface area (Å²) in [6.45, 7) is 4.88. The highest BCUT2D eigenvalue weighted by Gasteiger charge is 2.27. The molecule has 2 atom stereocenters. The topological polar surface area (TPSA) is 20.2 Å². The summed E-state index contributed by atoms with van der Waals surface area (Å²) in [4.78, 5) is 0. The molecule has 0 heterocycles. The van der Waals surface area contributed by atoms with Crippen LogP contribution < -0.4 is 0 Å². The molecule has 2 rings (SSSR count). The van der Waals surface area contributed by atoms with Crippen molar-refractivity contribution in [3.63, 3.8) is 0 Å². The van der Waals surface area contributed by atoms with E-state index in [0.717, 1.165) is 6.42 Å². The van der Waals surface area contributed by atoms with Crippen LogP contribution in [0.5, 0.6) is 0 Å². The van der Waals surface area contributed by atoms with Crippen molar-refractivity contribution in [3.8, 4) is 0 Å². The Morgan fingerprint density at radius 3 is 2.47 bits per heavy atom. The summed E-state index contributed by atoms with van der Waals surface area (Å²) in [7, 11) is 0. The first kappa shape index (κ1) is 10.7. The van der Waals surface area contributed by atoms with E-state index in [-0.39, 0.29) is 0 Å². The Bertz CT molecular complexity index is 330. The van der Waals surface area contributed by atoms with E-state index in [9.17, 15) is 5.11 Å². The average Bonchev–Trinajstić information content (AvgIpc) is 2.27. The van der Waals surface area contributed by atoms with Crippen molar-refractivity contribution in [3.05, 3.63) is 35.4 Å². The van der Waals surface area contributed by atoms with E-state index >= 15 is 0 Å². The standard InChI is InChI=1S/C14H20O/c1-10(2)12-8-7-11(9-15)13-5-3-4-6-14(12)13/h3-6,10-12,15H,7-9H2,1-2H3/t11-,12+/m0/s1. The van der Waals surface area contributed by atoms with Crippen LogP contribution >= 0.6 is 0 Å². The maximum Gasteiger partial charge on any atom is 0.0499 e. The van der Waals surface area contributed by atoms with E-state index < -0.39 is 0 Å². The molecule has 0 saturated heterocycles. The van der Waals surface area contributed by atoms with Gasteiger partial charge >= 0.3 is 0 Å².